The lowest BCUT2D eigenvalue weighted by Crippen LogP contribution is -2.12. The van der Waals surface area contributed by atoms with Gasteiger partial charge in [0.15, 0.2) is 5.13 Å². The Morgan fingerprint density at radius 3 is 2.54 bits per heavy atom. The highest BCUT2D eigenvalue weighted by Gasteiger charge is 2.17. The largest absolute Gasteiger partial charge is 0.494 e. The summed E-state index contributed by atoms with van der Waals surface area (Å²) >= 11 is 1.30. The lowest BCUT2D eigenvalue weighted by Gasteiger charge is -2.10. The molecule has 0 saturated carbocycles. The minimum Gasteiger partial charge on any atom is -0.494 e. The third-order valence-electron chi connectivity index (χ3n) is 3.39. The smallest absolute Gasteiger partial charge is 0.261 e. The first-order valence-electron chi connectivity index (χ1n) is 6.97. The molecule has 0 aliphatic carbocycles. The molecule has 0 amide bonds. The summed E-state index contributed by atoms with van der Waals surface area (Å²) in [5.74, 6) is 5.84. The van der Waals surface area contributed by atoms with E-state index >= 15 is 0 Å². The maximum atomic E-state index is 12.5. The number of hydrogen-bond donors (Lipinski definition) is 3. The number of nitrogens with zero attached hydrogens (tertiary/aromatic N) is 1. The molecule has 0 aliphatic rings. The molecular formula is C15H16N4O3S2. The van der Waals surface area contributed by atoms with E-state index in [0.717, 1.165) is 10.3 Å². The summed E-state index contributed by atoms with van der Waals surface area (Å²) in [4.78, 5) is 4.48. The van der Waals surface area contributed by atoms with E-state index in [-0.39, 0.29) is 4.90 Å². The number of hydrazine groups is 1. The second kappa shape index (κ2) is 6.27. The van der Waals surface area contributed by atoms with E-state index < -0.39 is 10.0 Å². The van der Waals surface area contributed by atoms with Crippen LogP contribution in [-0.4, -0.2) is 20.5 Å². The quantitative estimate of drug-likeness (QED) is 0.475. The Kier molecular flexibility index (Phi) is 4.31. The number of methoxy groups -OCH3 is 1. The molecule has 0 aliphatic heterocycles. The Morgan fingerprint density at radius 2 is 1.92 bits per heavy atom. The molecule has 0 radical (unpaired) electrons. The summed E-state index contributed by atoms with van der Waals surface area (Å²) in [6.07, 6.45) is 0. The summed E-state index contributed by atoms with van der Waals surface area (Å²) in [5.41, 5.74) is 4.48. The Morgan fingerprint density at radius 1 is 1.21 bits per heavy atom. The highest BCUT2D eigenvalue weighted by Crippen LogP contribution is 2.35. The van der Waals surface area contributed by atoms with Crippen LogP contribution in [0.2, 0.25) is 0 Å². The van der Waals surface area contributed by atoms with Crippen LogP contribution in [0.1, 0.15) is 5.56 Å². The number of thiazole rings is 1. The predicted octanol–water partition coefficient (Wildman–Crippen LogP) is 2.70. The van der Waals surface area contributed by atoms with E-state index in [2.05, 4.69) is 15.1 Å². The van der Waals surface area contributed by atoms with E-state index in [1.54, 1.807) is 36.4 Å². The maximum Gasteiger partial charge on any atom is 0.261 e. The number of nitrogens with one attached hydrogen (secondary N) is 2. The van der Waals surface area contributed by atoms with E-state index in [9.17, 15) is 8.42 Å². The van der Waals surface area contributed by atoms with Gasteiger partial charge in [0.1, 0.15) is 11.3 Å². The zero-order valence-corrected chi connectivity index (χ0v) is 14.7. The van der Waals surface area contributed by atoms with Crippen LogP contribution in [0.3, 0.4) is 0 Å². The zero-order valence-electron chi connectivity index (χ0n) is 13.0. The zero-order chi connectivity index (χ0) is 17.3. The fourth-order valence-corrected chi connectivity index (χ4v) is 4.08. The van der Waals surface area contributed by atoms with Gasteiger partial charge in [-0.1, -0.05) is 29.0 Å². The molecule has 0 saturated heterocycles. The molecule has 4 N–H and O–H groups in total. The van der Waals surface area contributed by atoms with E-state index in [1.165, 1.54) is 18.4 Å². The van der Waals surface area contributed by atoms with Crippen molar-refractivity contribution >= 4 is 42.4 Å². The number of anilines is 2. The van der Waals surface area contributed by atoms with Crippen molar-refractivity contribution in [3.05, 3.63) is 42.0 Å². The number of sulfonamides is 1. The maximum absolute atomic E-state index is 12.5. The molecule has 126 valence electrons. The molecule has 3 rings (SSSR count). The summed E-state index contributed by atoms with van der Waals surface area (Å²) in [6, 6.07) is 9.92. The lowest BCUT2D eigenvalue weighted by atomic mass is 10.2. The van der Waals surface area contributed by atoms with Gasteiger partial charge < -0.3 is 4.74 Å². The third-order valence-corrected chi connectivity index (χ3v) is 5.72. The number of rotatable bonds is 5. The van der Waals surface area contributed by atoms with Gasteiger partial charge in [0, 0.05) is 6.07 Å². The Labute approximate surface area is 143 Å². The molecule has 0 spiro atoms. The van der Waals surface area contributed by atoms with Crippen molar-refractivity contribution < 1.29 is 13.2 Å². The molecule has 0 bridgehead atoms. The minimum atomic E-state index is -3.68. The molecule has 24 heavy (non-hydrogen) atoms. The summed E-state index contributed by atoms with van der Waals surface area (Å²) in [5, 5.41) is 0.516. The number of nitrogen functional groups attached to an aromatic ring is 1. The first-order chi connectivity index (χ1) is 11.4. The molecule has 3 aromatic rings. The van der Waals surface area contributed by atoms with Crippen LogP contribution in [0.4, 0.5) is 10.8 Å². The van der Waals surface area contributed by atoms with E-state index in [1.807, 2.05) is 6.92 Å². The summed E-state index contributed by atoms with van der Waals surface area (Å²) in [7, 11) is -2.18. The first kappa shape index (κ1) is 16.5. The summed E-state index contributed by atoms with van der Waals surface area (Å²) < 4.78 is 33.7. The number of hydrogen-bond acceptors (Lipinski definition) is 7. The first-order valence-corrected chi connectivity index (χ1v) is 9.27. The highest BCUT2D eigenvalue weighted by atomic mass is 32.2. The fraction of sp³-hybridized carbons (Fsp3) is 0.133. The Bertz CT molecular complexity index is 982. The number of aryl methyl sites for hydroxylation is 1. The second-order valence-electron chi connectivity index (χ2n) is 5.11. The van der Waals surface area contributed by atoms with Crippen molar-refractivity contribution in [2.75, 3.05) is 17.3 Å². The molecule has 1 heterocycles. The van der Waals surface area contributed by atoms with Crippen molar-refractivity contribution in [1.82, 2.24) is 4.98 Å². The van der Waals surface area contributed by atoms with Crippen LogP contribution in [-0.2, 0) is 10.0 Å². The second-order valence-corrected chi connectivity index (χ2v) is 7.82. The van der Waals surface area contributed by atoms with Crippen LogP contribution in [0.25, 0.3) is 10.2 Å². The average Bonchev–Trinajstić information content (AvgIpc) is 2.97. The molecule has 0 unspecified atom stereocenters. The topological polar surface area (TPSA) is 106 Å². The van der Waals surface area contributed by atoms with E-state index in [4.69, 9.17) is 10.6 Å². The van der Waals surface area contributed by atoms with Crippen molar-refractivity contribution in [2.24, 2.45) is 5.84 Å². The number of nitrogens with two attached hydrogens (primary N) is 1. The molecular weight excluding hydrogens is 348 g/mol. The fourth-order valence-electron chi connectivity index (χ4n) is 2.21. The van der Waals surface area contributed by atoms with Gasteiger partial charge in [0.25, 0.3) is 10.0 Å². The van der Waals surface area contributed by atoms with Gasteiger partial charge in [-0.3, -0.25) is 10.1 Å². The van der Waals surface area contributed by atoms with Crippen LogP contribution >= 0.6 is 11.3 Å². The van der Waals surface area contributed by atoms with Crippen molar-refractivity contribution in [3.8, 4) is 5.75 Å². The van der Waals surface area contributed by atoms with Crippen LogP contribution in [0.5, 0.6) is 5.75 Å². The molecule has 1 aromatic heterocycles. The predicted molar refractivity (Wildman–Crippen MR) is 96.0 cm³/mol. The van der Waals surface area contributed by atoms with Crippen LogP contribution in [0.15, 0.2) is 41.3 Å². The van der Waals surface area contributed by atoms with Crippen LogP contribution in [0, 0.1) is 6.92 Å². The van der Waals surface area contributed by atoms with Crippen molar-refractivity contribution in [1.29, 1.82) is 0 Å². The van der Waals surface area contributed by atoms with Gasteiger partial charge in [-0.2, -0.15) is 0 Å². The van der Waals surface area contributed by atoms with Crippen LogP contribution < -0.4 is 20.7 Å². The number of fused-ring (bicyclic) bond motifs is 1. The molecule has 0 fully saturated rings. The molecule has 7 nitrogen and oxygen atoms in total. The molecule has 9 heteroatoms. The third kappa shape index (κ3) is 3.14. The van der Waals surface area contributed by atoms with E-state index in [0.29, 0.717) is 22.1 Å². The minimum absolute atomic E-state index is 0.195. The summed E-state index contributed by atoms with van der Waals surface area (Å²) in [6.45, 7) is 1.90. The van der Waals surface area contributed by atoms with Gasteiger partial charge in [-0.05, 0) is 25.1 Å². The van der Waals surface area contributed by atoms with Crippen molar-refractivity contribution in [3.63, 3.8) is 0 Å². The number of ether oxygens (including phenoxy) is 1. The normalized spacial score (nSPS) is 11.5. The average molecular weight is 364 g/mol. The standard InChI is InChI=1S/C15H16N4O3S2/c1-9-3-5-11(6-4-9)24(20,21)19-10-7-12(22-2)14-13(8-10)23-15(17-14)18-16/h3-8,19H,16H2,1-2H3,(H,17,18). The van der Waals surface area contributed by atoms with Crippen molar-refractivity contribution in [2.45, 2.75) is 11.8 Å². The lowest BCUT2D eigenvalue weighted by molar-refractivity contribution is 0.419. The van der Waals surface area contributed by atoms with Gasteiger partial charge in [-0.15, -0.1) is 0 Å². The Hall–Kier alpha value is -2.36. The van der Waals surface area contributed by atoms with Gasteiger partial charge in [0.05, 0.1) is 22.4 Å². The Balaban J connectivity index is 2.01. The van der Waals surface area contributed by atoms with Gasteiger partial charge in [-0.25, -0.2) is 19.2 Å². The van der Waals surface area contributed by atoms with Gasteiger partial charge in [0.2, 0.25) is 0 Å². The monoisotopic (exact) mass is 364 g/mol. The number of benzene rings is 2. The SMILES string of the molecule is COc1cc(NS(=O)(=O)c2ccc(C)cc2)cc2sc(NN)nc12. The molecule has 2 aromatic carbocycles. The van der Waals surface area contributed by atoms with Gasteiger partial charge >= 0.3 is 0 Å². The highest BCUT2D eigenvalue weighted by molar-refractivity contribution is 7.92. The number of aromatic nitrogens is 1. The molecule has 0 atom stereocenters.